The number of halogens is 1. The van der Waals surface area contributed by atoms with Crippen molar-refractivity contribution < 1.29 is 18.7 Å². The molecule has 34 heavy (non-hydrogen) atoms. The normalized spacial score (nSPS) is 19.0. The van der Waals surface area contributed by atoms with E-state index in [-0.39, 0.29) is 23.0 Å². The molecular weight excluding hydrogens is 439 g/mol. The topological polar surface area (TPSA) is 135 Å². The predicted octanol–water partition coefficient (Wildman–Crippen LogP) is 4.37. The first-order chi connectivity index (χ1) is 16.5. The van der Waals surface area contributed by atoms with Gasteiger partial charge >= 0.3 is 6.09 Å². The Labute approximate surface area is 195 Å². The Hall–Kier alpha value is -4.13. The zero-order valence-electron chi connectivity index (χ0n) is 18.5. The summed E-state index contributed by atoms with van der Waals surface area (Å²) in [6.45, 7) is 3.01. The molecule has 3 heterocycles. The van der Waals surface area contributed by atoms with Crippen LogP contribution in [-0.4, -0.2) is 35.3 Å². The molecule has 2 atom stereocenters. The summed E-state index contributed by atoms with van der Waals surface area (Å²) in [7, 11) is 0. The van der Waals surface area contributed by atoms with Gasteiger partial charge in [-0.25, -0.2) is 19.2 Å². The number of aromatic nitrogens is 2. The number of anilines is 3. The number of rotatable bonds is 3. The van der Waals surface area contributed by atoms with Crippen LogP contribution in [0.15, 0.2) is 24.5 Å². The molecular formula is C24H23FN6O3. The highest BCUT2D eigenvalue weighted by atomic mass is 19.1. The number of amides is 1. The predicted molar refractivity (Wildman–Crippen MR) is 125 cm³/mol. The fourth-order valence-corrected chi connectivity index (χ4v) is 4.54. The van der Waals surface area contributed by atoms with Gasteiger partial charge in [0.25, 0.3) is 0 Å². The van der Waals surface area contributed by atoms with Crippen LogP contribution >= 0.6 is 0 Å². The molecule has 9 nitrogen and oxygen atoms in total. The molecule has 1 fully saturated rings. The monoisotopic (exact) mass is 462 g/mol. The number of nitrogens with one attached hydrogen (secondary N) is 2. The maximum Gasteiger partial charge on any atom is 0.413 e. The summed E-state index contributed by atoms with van der Waals surface area (Å²) in [6.07, 6.45) is 4.08. The number of hydrogen-bond donors (Lipinski definition) is 3. The van der Waals surface area contributed by atoms with Gasteiger partial charge in [-0.15, -0.1) is 0 Å². The minimum atomic E-state index is -0.685. The molecule has 5 rings (SSSR count). The molecule has 10 heteroatoms. The van der Waals surface area contributed by atoms with Crippen molar-refractivity contribution in [3.8, 4) is 23.1 Å². The number of fused-ring (bicyclic) bond motifs is 2. The van der Waals surface area contributed by atoms with Crippen molar-refractivity contribution in [2.75, 3.05) is 29.5 Å². The second-order valence-electron chi connectivity index (χ2n) is 8.43. The lowest BCUT2D eigenvalue weighted by Crippen LogP contribution is -2.25. The number of benzene rings is 1. The lowest BCUT2D eigenvalue weighted by Gasteiger charge is -2.22. The lowest BCUT2D eigenvalue weighted by atomic mass is 9.97. The Morgan fingerprint density at radius 3 is 3.00 bits per heavy atom. The van der Waals surface area contributed by atoms with Crippen molar-refractivity contribution in [1.82, 2.24) is 9.97 Å². The minimum absolute atomic E-state index is 0.0433. The van der Waals surface area contributed by atoms with Gasteiger partial charge in [-0.05, 0) is 49.3 Å². The number of nitriles is 1. The molecule has 1 amide bonds. The molecule has 1 aliphatic heterocycles. The highest BCUT2D eigenvalue weighted by Gasteiger charge is 2.30. The van der Waals surface area contributed by atoms with E-state index in [2.05, 4.69) is 26.7 Å². The highest BCUT2D eigenvalue weighted by molar-refractivity contribution is 5.99. The Morgan fingerprint density at radius 1 is 1.32 bits per heavy atom. The molecule has 1 aromatic carbocycles. The number of carbonyl (C=O) groups excluding carboxylic acids is 1. The summed E-state index contributed by atoms with van der Waals surface area (Å²) in [4.78, 5) is 20.9. The Morgan fingerprint density at radius 2 is 2.18 bits per heavy atom. The molecule has 0 bridgehead atoms. The summed E-state index contributed by atoms with van der Waals surface area (Å²) in [6, 6.07) is 5.44. The summed E-state index contributed by atoms with van der Waals surface area (Å²) < 4.78 is 26.3. The first-order valence-corrected chi connectivity index (χ1v) is 11.1. The van der Waals surface area contributed by atoms with Gasteiger partial charge in [-0.1, -0.05) is 0 Å². The maximum atomic E-state index is 15.3. The number of nitrogen functional groups attached to an aromatic ring is 1. The van der Waals surface area contributed by atoms with Crippen LogP contribution < -0.4 is 21.1 Å². The Balaban J connectivity index is 1.47. The third-order valence-electron chi connectivity index (χ3n) is 6.34. The van der Waals surface area contributed by atoms with E-state index in [1.54, 1.807) is 18.3 Å². The smallest absolute Gasteiger partial charge is 0.413 e. The summed E-state index contributed by atoms with van der Waals surface area (Å²) in [5.41, 5.74) is 8.46. The molecule has 1 saturated carbocycles. The van der Waals surface area contributed by atoms with Crippen molar-refractivity contribution in [3.05, 3.63) is 35.9 Å². The fraction of sp³-hybridized carbons (Fsp3) is 0.333. The maximum absolute atomic E-state index is 15.3. The molecule has 2 aromatic heterocycles. The standard InChI is InChI=1S/C24H23FN6O3/c1-12-16(10-30-23-22(12)28-5-6-33-23)15-7-14-8-19(29-11-17(14)21(27)20(15)25)31-24(32)34-18-4-2-3-13(18)9-26/h7-8,10-11,13,18,28H,2-6,27H2,1H3,(H,29,31,32)/t13-,18-/m0/s1. The third kappa shape index (κ3) is 3.79. The van der Waals surface area contributed by atoms with Crippen LogP contribution in [0.2, 0.25) is 0 Å². The van der Waals surface area contributed by atoms with E-state index in [9.17, 15) is 10.1 Å². The largest absolute Gasteiger partial charge is 0.474 e. The number of ether oxygens (including phenoxy) is 2. The lowest BCUT2D eigenvalue weighted by molar-refractivity contribution is 0.0999. The second kappa shape index (κ2) is 8.67. The first kappa shape index (κ1) is 21.7. The Kier molecular flexibility index (Phi) is 5.53. The molecule has 0 unspecified atom stereocenters. The second-order valence-corrected chi connectivity index (χ2v) is 8.43. The van der Waals surface area contributed by atoms with Crippen molar-refractivity contribution in [1.29, 1.82) is 5.26 Å². The first-order valence-electron chi connectivity index (χ1n) is 11.1. The zero-order valence-corrected chi connectivity index (χ0v) is 18.5. The quantitative estimate of drug-likeness (QED) is 0.488. The van der Waals surface area contributed by atoms with Crippen molar-refractivity contribution in [2.45, 2.75) is 32.3 Å². The molecule has 2 aliphatic rings. The van der Waals surface area contributed by atoms with Gasteiger partial charge in [0.05, 0.1) is 17.7 Å². The molecule has 174 valence electrons. The van der Waals surface area contributed by atoms with E-state index in [1.165, 1.54) is 6.20 Å². The van der Waals surface area contributed by atoms with Gasteiger partial charge in [0.2, 0.25) is 5.88 Å². The van der Waals surface area contributed by atoms with E-state index in [1.807, 2.05) is 6.92 Å². The average Bonchev–Trinajstić information content (AvgIpc) is 3.29. The number of nitrogens with two attached hydrogens (primary N) is 1. The summed E-state index contributed by atoms with van der Waals surface area (Å²) in [5.74, 6) is -0.151. The van der Waals surface area contributed by atoms with E-state index in [4.69, 9.17) is 15.2 Å². The van der Waals surface area contributed by atoms with Crippen LogP contribution in [0.1, 0.15) is 24.8 Å². The van der Waals surface area contributed by atoms with Crippen LogP contribution in [0.5, 0.6) is 5.88 Å². The van der Waals surface area contributed by atoms with E-state index in [0.29, 0.717) is 41.8 Å². The van der Waals surface area contributed by atoms with Crippen LogP contribution in [0, 0.1) is 30.0 Å². The molecule has 3 aromatic rings. The SMILES string of the molecule is Cc1c(-c2cc3cc(NC(=O)O[C@H]4CCC[C@H]4C#N)ncc3c(N)c2F)cnc2c1NCCO2. The number of pyridine rings is 2. The molecule has 0 spiro atoms. The van der Waals surface area contributed by atoms with E-state index < -0.39 is 18.0 Å². The Bertz CT molecular complexity index is 1340. The van der Waals surface area contributed by atoms with Gasteiger partial charge in [-0.3, -0.25) is 5.32 Å². The van der Waals surface area contributed by atoms with Crippen molar-refractivity contribution in [3.63, 3.8) is 0 Å². The van der Waals surface area contributed by atoms with E-state index in [0.717, 1.165) is 24.1 Å². The van der Waals surface area contributed by atoms with Gasteiger partial charge in [0, 0.05) is 35.5 Å². The van der Waals surface area contributed by atoms with Crippen LogP contribution in [-0.2, 0) is 4.74 Å². The van der Waals surface area contributed by atoms with Gasteiger partial charge in [0.1, 0.15) is 24.2 Å². The van der Waals surface area contributed by atoms with Gasteiger partial charge < -0.3 is 20.5 Å². The average molecular weight is 462 g/mol. The van der Waals surface area contributed by atoms with Crippen LogP contribution in [0.25, 0.3) is 21.9 Å². The third-order valence-corrected chi connectivity index (χ3v) is 6.34. The van der Waals surface area contributed by atoms with E-state index >= 15 is 4.39 Å². The van der Waals surface area contributed by atoms with Crippen molar-refractivity contribution in [2.24, 2.45) is 5.92 Å². The van der Waals surface area contributed by atoms with Crippen molar-refractivity contribution >= 4 is 34.1 Å². The number of carbonyl (C=O) groups is 1. The number of hydrogen-bond acceptors (Lipinski definition) is 8. The summed E-state index contributed by atoms with van der Waals surface area (Å²) in [5, 5.41) is 16.0. The molecule has 0 radical (unpaired) electrons. The van der Waals surface area contributed by atoms with Crippen LogP contribution in [0.3, 0.4) is 0 Å². The molecule has 1 aliphatic carbocycles. The fourth-order valence-electron chi connectivity index (χ4n) is 4.54. The van der Waals surface area contributed by atoms with Gasteiger partial charge in [-0.2, -0.15) is 5.26 Å². The van der Waals surface area contributed by atoms with Gasteiger partial charge in [0.15, 0.2) is 5.82 Å². The number of nitrogens with zero attached hydrogens (tertiary/aromatic N) is 3. The summed E-state index contributed by atoms with van der Waals surface area (Å²) >= 11 is 0. The zero-order chi connectivity index (χ0) is 23.8. The molecule has 0 saturated heterocycles. The highest BCUT2D eigenvalue weighted by Crippen LogP contribution is 2.39. The molecule has 4 N–H and O–H groups in total. The van der Waals surface area contributed by atoms with Crippen LogP contribution in [0.4, 0.5) is 26.4 Å². The minimum Gasteiger partial charge on any atom is -0.474 e.